The number of aromatic nitrogens is 6. The van der Waals surface area contributed by atoms with Crippen LogP contribution in [-0.2, 0) is 0 Å². The van der Waals surface area contributed by atoms with Gasteiger partial charge < -0.3 is 27.4 Å². The van der Waals surface area contributed by atoms with Crippen LogP contribution in [0.5, 0.6) is 0 Å². The molecule has 0 aliphatic carbocycles. The summed E-state index contributed by atoms with van der Waals surface area (Å²) >= 11 is 0. The number of rotatable bonds is 9. The summed E-state index contributed by atoms with van der Waals surface area (Å²) in [6.45, 7) is 14.9. The summed E-state index contributed by atoms with van der Waals surface area (Å²) in [6, 6.07) is 147. The van der Waals surface area contributed by atoms with Gasteiger partial charge in [0.25, 0.3) is 0 Å². The van der Waals surface area contributed by atoms with Crippen LogP contribution in [0.4, 0.5) is 11.4 Å². The van der Waals surface area contributed by atoms with Gasteiger partial charge in [-0.1, -0.05) is 218 Å². The number of nitriles is 3. The SMILES string of the molecule is N#Cc1ccc(-c2ccc(-n3c4ccccc4c4cc(-n5c6ccccc6c6ccccc65)ccc43)cc2)cc1.[C-]#[N+]c1cccc(-c2ccc(-n3c4ccccc4c4cc(-n5c6ccccc6c6cc(C#N)ccc65)ccc43)cc2)c1.[C-]#[N+]c1ccccc1-c1ccc(-n2c3ccccc3c3cc(-n4c5ccccc5c5cc(C#N)ccc54)ccc32)cc1. The quantitative estimate of drug-likeness (QED) is 0.134. The van der Waals surface area contributed by atoms with E-state index in [1.165, 1.54) is 65.2 Å². The van der Waals surface area contributed by atoms with Crippen LogP contribution in [0.25, 0.3) is 208 Å². The molecule has 574 valence electrons. The molecular weight excluding hydrogens is 1510 g/mol. The summed E-state index contributed by atoms with van der Waals surface area (Å²) in [5.41, 5.74) is 29.9. The third-order valence-corrected chi connectivity index (χ3v) is 24.3. The van der Waals surface area contributed by atoms with E-state index in [2.05, 4.69) is 359 Å². The van der Waals surface area contributed by atoms with Gasteiger partial charge in [0.05, 0.1) is 114 Å². The zero-order chi connectivity index (χ0) is 83.0. The van der Waals surface area contributed by atoms with E-state index >= 15 is 0 Å². The Labute approximate surface area is 712 Å². The van der Waals surface area contributed by atoms with Crippen LogP contribution in [0.2, 0.25) is 0 Å². The predicted molar refractivity (Wildman–Crippen MR) is 508 cm³/mol. The molecule has 6 heterocycles. The Kier molecular flexibility index (Phi) is 17.6. The molecule has 0 unspecified atom stereocenters. The van der Waals surface area contributed by atoms with Crippen molar-refractivity contribution in [3.05, 3.63) is 446 Å². The van der Waals surface area contributed by atoms with Gasteiger partial charge in [0, 0.05) is 98.8 Å². The van der Waals surface area contributed by atoms with Crippen molar-refractivity contribution in [2.24, 2.45) is 0 Å². The molecule has 0 aliphatic rings. The zero-order valence-electron chi connectivity index (χ0n) is 66.6. The van der Waals surface area contributed by atoms with E-state index < -0.39 is 0 Å². The standard InChI is InChI=1S/2C38H22N4.C37H23N3/c1-40-34-11-5-2-8-29(34)26-15-17-27(18-16-26)41-35-12-6-4-10-31(35)33-23-28(19-21-38(33)41)42-36-13-7-3-9-30(36)32-22-25(24-39)14-20-37(32)42;1-40-28-8-6-7-27(22-28)26-14-16-29(17-15-26)41-35-11-4-3-10-32(35)34-23-30(18-20-38(34)41)42-36-12-5-2-9-31(36)33-21-25(24-39)13-19-37(33)42;38-24-25-13-15-26(16-14-25)27-17-19-28(20-18-27)39-36-12-6-3-9-32(36)33-23-29(21-22-37(33)39)40-34-10-4-1-7-30(34)31-8-2-5-11-35(31)40/h2*2-23H;1-23H. The normalized spacial score (nSPS) is 11.3. The highest BCUT2D eigenvalue weighted by Crippen LogP contribution is 2.44. The lowest BCUT2D eigenvalue weighted by atomic mass is 10.0. The number of hydrogen-bond acceptors (Lipinski definition) is 3. The van der Waals surface area contributed by atoms with Gasteiger partial charge in [0.15, 0.2) is 11.4 Å². The van der Waals surface area contributed by atoms with Gasteiger partial charge >= 0.3 is 0 Å². The van der Waals surface area contributed by atoms with Gasteiger partial charge in [-0.2, -0.15) is 15.8 Å². The highest BCUT2D eigenvalue weighted by molar-refractivity contribution is 6.16. The topological polar surface area (TPSA) is 110 Å². The largest absolute Gasteiger partial charge is 0.309 e. The lowest BCUT2D eigenvalue weighted by Crippen LogP contribution is -1.96. The van der Waals surface area contributed by atoms with Crippen molar-refractivity contribution in [3.63, 3.8) is 0 Å². The summed E-state index contributed by atoms with van der Waals surface area (Å²) in [4.78, 5) is 7.29. The molecule has 18 aromatic carbocycles. The summed E-state index contributed by atoms with van der Waals surface area (Å²) < 4.78 is 13.9. The minimum Gasteiger partial charge on any atom is -0.309 e. The number of hydrogen-bond donors (Lipinski definition) is 0. The predicted octanol–water partition coefficient (Wildman–Crippen LogP) is 29.4. The Morgan fingerprint density at radius 2 is 0.444 bits per heavy atom. The van der Waals surface area contributed by atoms with Crippen LogP contribution >= 0.6 is 0 Å². The average Bonchev–Trinajstić information content (AvgIpc) is 1.58. The monoisotopic (exact) mass is 1580 g/mol. The van der Waals surface area contributed by atoms with Crippen molar-refractivity contribution in [3.8, 4) is 85.7 Å². The Morgan fingerprint density at radius 3 is 0.782 bits per heavy atom. The molecule has 24 aromatic rings. The van der Waals surface area contributed by atoms with Gasteiger partial charge in [0.2, 0.25) is 0 Å². The van der Waals surface area contributed by atoms with Gasteiger partial charge in [-0.3, -0.25) is 0 Å². The van der Waals surface area contributed by atoms with Crippen LogP contribution in [0, 0.1) is 47.1 Å². The van der Waals surface area contributed by atoms with Gasteiger partial charge in [-0.05, 0) is 221 Å². The number of benzene rings is 18. The summed E-state index contributed by atoms with van der Waals surface area (Å²) in [5, 5.41) is 42.3. The van der Waals surface area contributed by atoms with E-state index in [0.29, 0.717) is 28.1 Å². The second kappa shape index (κ2) is 30.0. The fourth-order valence-corrected chi connectivity index (χ4v) is 18.7. The van der Waals surface area contributed by atoms with E-state index in [9.17, 15) is 10.5 Å². The first-order valence-electron chi connectivity index (χ1n) is 41.0. The lowest BCUT2D eigenvalue weighted by molar-refractivity contribution is 1.16. The van der Waals surface area contributed by atoms with Gasteiger partial charge in [-0.15, -0.1) is 0 Å². The molecular formula is C113H67N11. The summed E-state index contributed by atoms with van der Waals surface area (Å²) in [7, 11) is 0. The fourth-order valence-electron chi connectivity index (χ4n) is 18.7. The third kappa shape index (κ3) is 12.1. The maximum Gasteiger partial charge on any atom is 0.194 e. The molecule has 0 aliphatic heterocycles. The van der Waals surface area contributed by atoms with Crippen LogP contribution in [0.3, 0.4) is 0 Å². The van der Waals surface area contributed by atoms with Crippen molar-refractivity contribution in [1.82, 2.24) is 27.4 Å². The Morgan fingerprint density at radius 1 is 0.185 bits per heavy atom. The molecule has 0 bridgehead atoms. The lowest BCUT2D eigenvalue weighted by Gasteiger charge is -2.11. The van der Waals surface area contributed by atoms with Gasteiger partial charge in [-0.25, -0.2) is 9.69 Å². The third-order valence-electron chi connectivity index (χ3n) is 24.3. The molecule has 0 spiro atoms. The molecule has 24 rings (SSSR count). The number of fused-ring (bicyclic) bond motifs is 18. The van der Waals surface area contributed by atoms with E-state index in [4.69, 9.17) is 18.4 Å². The Balaban J connectivity index is 0.000000111. The molecule has 0 amide bonds. The van der Waals surface area contributed by atoms with E-state index in [1.54, 1.807) is 0 Å². The molecule has 0 fully saturated rings. The van der Waals surface area contributed by atoms with Crippen molar-refractivity contribution in [1.29, 1.82) is 15.8 Å². The number of nitrogens with zero attached hydrogens (tertiary/aromatic N) is 11. The molecule has 0 N–H and O–H groups in total. The van der Waals surface area contributed by atoms with Crippen LogP contribution in [0.15, 0.2) is 406 Å². The molecule has 11 heteroatoms. The van der Waals surface area contributed by atoms with E-state index in [1.807, 2.05) is 103 Å². The molecule has 0 radical (unpaired) electrons. The maximum atomic E-state index is 9.53. The first-order chi connectivity index (χ1) is 61.3. The Hall–Kier alpha value is -17.8. The highest BCUT2D eigenvalue weighted by atomic mass is 15.0. The van der Waals surface area contributed by atoms with Crippen molar-refractivity contribution in [2.75, 3.05) is 0 Å². The molecule has 0 saturated heterocycles. The van der Waals surface area contributed by atoms with Crippen LogP contribution in [0.1, 0.15) is 16.7 Å². The minimum atomic E-state index is 0.642. The van der Waals surface area contributed by atoms with E-state index in [0.717, 1.165) is 133 Å². The van der Waals surface area contributed by atoms with Crippen molar-refractivity contribution >= 4 is 142 Å². The van der Waals surface area contributed by atoms with E-state index in [-0.39, 0.29) is 0 Å². The molecule has 11 nitrogen and oxygen atoms in total. The highest BCUT2D eigenvalue weighted by Gasteiger charge is 2.23. The first-order valence-corrected chi connectivity index (χ1v) is 41.0. The summed E-state index contributed by atoms with van der Waals surface area (Å²) in [5.74, 6) is 0. The van der Waals surface area contributed by atoms with Crippen molar-refractivity contribution in [2.45, 2.75) is 0 Å². The van der Waals surface area contributed by atoms with Crippen LogP contribution < -0.4 is 0 Å². The summed E-state index contributed by atoms with van der Waals surface area (Å²) in [6.07, 6.45) is 0. The molecule has 124 heavy (non-hydrogen) atoms. The van der Waals surface area contributed by atoms with Crippen LogP contribution in [-0.4, -0.2) is 27.4 Å². The Bertz CT molecular complexity index is 8670. The maximum absolute atomic E-state index is 9.53. The fraction of sp³-hybridized carbons (Fsp3) is 0. The average molecular weight is 1580 g/mol. The second-order valence-electron chi connectivity index (χ2n) is 31.0. The molecule has 0 saturated carbocycles. The van der Waals surface area contributed by atoms with Gasteiger partial charge in [0.1, 0.15) is 0 Å². The second-order valence-corrected chi connectivity index (χ2v) is 31.0. The smallest absolute Gasteiger partial charge is 0.194 e. The molecule has 6 aromatic heterocycles. The molecule has 0 atom stereocenters. The minimum absolute atomic E-state index is 0.642. The zero-order valence-corrected chi connectivity index (χ0v) is 66.6. The number of para-hydroxylation sites is 8. The van der Waals surface area contributed by atoms with Crippen molar-refractivity contribution < 1.29 is 0 Å². The first kappa shape index (κ1) is 72.7.